The van der Waals surface area contributed by atoms with Crippen molar-refractivity contribution in [3.05, 3.63) is 29.3 Å². The van der Waals surface area contributed by atoms with E-state index < -0.39 is 32.1 Å². The Hall–Kier alpha value is -1.05. The van der Waals surface area contributed by atoms with E-state index in [1.807, 2.05) is 13.8 Å². The highest BCUT2D eigenvalue weighted by molar-refractivity contribution is 7.89. The molecule has 0 aromatic heterocycles. The molecule has 1 aromatic carbocycles. The molecule has 0 spiro atoms. The van der Waals surface area contributed by atoms with Gasteiger partial charge < -0.3 is 5.73 Å². The minimum Gasteiger partial charge on any atom is -0.326 e. The SMILES string of the molecule is CCCN(CCC)S(=O)(=O)c1ccc(F)c(CN)c1F. The second-order valence-electron chi connectivity index (χ2n) is 4.45. The van der Waals surface area contributed by atoms with Crippen molar-refractivity contribution < 1.29 is 17.2 Å². The smallest absolute Gasteiger partial charge is 0.245 e. The quantitative estimate of drug-likeness (QED) is 0.840. The molecule has 20 heavy (non-hydrogen) atoms. The van der Waals surface area contributed by atoms with Gasteiger partial charge in [0.2, 0.25) is 10.0 Å². The number of rotatable bonds is 7. The summed E-state index contributed by atoms with van der Waals surface area (Å²) in [5.74, 6) is -1.92. The third kappa shape index (κ3) is 3.34. The molecule has 7 heteroatoms. The van der Waals surface area contributed by atoms with Gasteiger partial charge in [-0.15, -0.1) is 0 Å². The van der Waals surface area contributed by atoms with Crippen LogP contribution in [0.4, 0.5) is 8.78 Å². The van der Waals surface area contributed by atoms with Gasteiger partial charge in [0, 0.05) is 25.2 Å². The fourth-order valence-electron chi connectivity index (χ4n) is 1.95. The largest absolute Gasteiger partial charge is 0.326 e. The topological polar surface area (TPSA) is 63.4 Å². The summed E-state index contributed by atoms with van der Waals surface area (Å²) in [6.45, 7) is 3.88. The van der Waals surface area contributed by atoms with Gasteiger partial charge in [-0.3, -0.25) is 0 Å². The standard InChI is InChI=1S/C13H20F2N2O2S/c1-3-7-17(8-4-2)20(18,19)12-6-5-11(14)10(9-16)13(12)15/h5-6H,3-4,7-9,16H2,1-2H3. The number of nitrogens with two attached hydrogens (primary N) is 1. The van der Waals surface area contributed by atoms with Crippen LogP contribution in [0.3, 0.4) is 0 Å². The lowest BCUT2D eigenvalue weighted by molar-refractivity contribution is 0.405. The first-order valence-electron chi connectivity index (χ1n) is 6.57. The summed E-state index contributed by atoms with van der Waals surface area (Å²) in [5.41, 5.74) is 4.87. The fourth-order valence-corrected chi connectivity index (χ4v) is 3.67. The Morgan fingerprint density at radius 3 is 2.15 bits per heavy atom. The maximum atomic E-state index is 14.1. The molecule has 0 aliphatic rings. The molecule has 114 valence electrons. The molecule has 0 saturated heterocycles. The van der Waals surface area contributed by atoms with Crippen LogP contribution < -0.4 is 5.73 Å². The molecule has 4 nitrogen and oxygen atoms in total. The molecular formula is C13H20F2N2O2S. The minimum atomic E-state index is -3.97. The number of halogens is 2. The van der Waals surface area contributed by atoms with Gasteiger partial charge >= 0.3 is 0 Å². The fraction of sp³-hybridized carbons (Fsp3) is 0.538. The maximum absolute atomic E-state index is 14.1. The molecule has 0 amide bonds. The highest BCUT2D eigenvalue weighted by atomic mass is 32.2. The Morgan fingerprint density at radius 2 is 1.70 bits per heavy atom. The van der Waals surface area contributed by atoms with E-state index in [0.29, 0.717) is 25.9 Å². The molecule has 0 heterocycles. The highest BCUT2D eigenvalue weighted by Crippen LogP contribution is 2.24. The van der Waals surface area contributed by atoms with Crippen LogP contribution in [0.1, 0.15) is 32.3 Å². The van der Waals surface area contributed by atoms with Gasteiger partial charge in [-0.25, -0.2) is 17.2 Å². The summed E-state index contributed by atoms with van der Waals surface area (Å²) in [5, 5.41) is 0. The average Bonchev–Trinajstić information content (AvgIpc) is 2.38. The lowest BCUT2D eigenvalue weighted by Crippen LogP contribution is -2.33. The van der Waals surface area contributed by atoms with Gasteiger partial charge in [0.05, 0.1) is 0 Å². The van der Waals surface area contributed by atoms with Crippen LogP contribution in [0.25, 0.3) is 0 Å². The Labute approximate surface area is 118 Å². The third-order valence-corrected chi connectivity index (χ3v) is 4.83. The third-order valence-electron chi connectivity index (χ3n) is 2.92. The second kappa shape index (κ2) is 7.10. The Morgan fingerprint density at radius 1 is 1.15 bits per heavy atom. The van der Waals surface area contributed by atoms with E-state index in [4.69, 9.17) is 5.73 Å². The van der Waals surface area contributed by atoms with Crippen molar-refractivity contribution in [1.29, 1.82) is 0 Å². The first-order chi connectivity index (χ1) is 9.39. The second-order valence-corrected chi connectivity index (χ2v) is 6.35. The Bertz CT molecular complexity index is 556. The Kier molecular flexibility index (Phi) is 6.04. The van der Waals surface area contributed by atoms with Crippen LogP contribution >= 0.6 is 0 Å². The van der Waals surface area contributed by atoms with E-state index in [9.17, 15) is 17.2 Å². The summed E-state index contributed by atoms with van der Waals surface area (Å²) in [6.07, 6.45) is 1.23. The van der Waals surface area contributed by atoms with Crippen LogP contribution in [0.5, 0.6) is 0 Å². The summed E-state index contributed by atoms with van der Waals surface area (Å²) >= 11 is 0. The first-order valence-corrected chi connectivity index (χ1v) is 8.01. The first kappa shape index (κ1) is 17.0. The predicted octanol–water partition coefficient (Wildman–Crippen LogP) is 2.23. The van der Waals surface area contributed by atoms with Gasteiger partial charge in [-0.05, 0) is 25.0 Å². The number of nitrogens with zero attached hydrogens (tertiary/aromatic N) is 1. The lowest BCUT2D eigenvalue weighted by Gasteiger charge is -2.21. The van der Waals surface area contributed by atoms with Gasteiger partial charge in [0.25, 0.3) is 0 Å². The van der Waals surface area contributed by atoms with Gasteiger partial charge in [0.15, 0.2) is 5.82 Å². The van der Waals surface area contributed by atoms with Crippen LogP contribution in [0.15, 0.2) is 17.0 Å². The molecule has 0 atom stereocenters. The van der Waals surface area contributed by atoms with E-state index in [2.05, 4.69) is 0 Å². The lowest BCUT2D eigenvalue weighted by atomic mass is 10.2. The highest BCUT2D eigenvalue weighted by Gasteiger charge is 2.28. The molecule has 0 saturated carbocycles. The van der Waals surface area contributed by atoms with Crippen LogP contribution in [-0.4, -0.2) is 25.8 Å². The van der Waals surface area contributed by atoms with Gasteiger partial charge in [-0.1, -0.05) is 13.8 Å². The van der Waals surface area contributed by atoms with E-state index in [0.717, 1.165) is 12.1 Å². The number of hydrogen-bond acceptors (Lipinski definition) is 3. The van der Waals surface area contributed by atoms with Crippen molar-refractivity contribution in [2.45, 2.75) is 38.1 Å². The van der Waals surface area contributed by atoms with Crippen molar-refractivity contribution in [2.75, 3.05) is 13.1 Å². The average molecular weight is 306 g/mol. The molecule has 0 bridgehead atoms. The van der Waals surface area contributed by atoms with Crippen molar-refractivity contribution in [3.8, 4) is 0 Å². The molecule has 0 radical (unpaired) electrons. The van der Waals surface area contributed by atoms with Gasteiger partial charge in [-0.2, -0.15) is 4.31 Å². The number of hydrogen-bond donors (Lipinski definition) is 1. The van der Waals surface area contributed by atoms with E-state index in [-0.39, 0.29) is 6.54 Å². The molecule has 0 fully saturated rings. The summed E-state index contributed by atoms with van der Waals surface area (Å²) in [4.78, 5) is -0.513. The van der Waals surface area contributed by atoms with Crippen molar-refractivity contribution in [2.24, 2.45) is 5.73 Å². The number of benzene rings is 1. The minimum absolute atomic E-state index is 0.297. The zero-order valence-electron chi connectivity index (χ0n) is 11.7. The zero-order valence-corrected chi connectivity index (χ0v) is 12.5. The van der Waals surface area contributed by atoms with E-state index in [1.54, 1.807) is 0 Å². The Balaban J connectivity index is 3.34. The molecule has 1 aromatic rings. The van der Waals surface area contributed by atoms with E-state index >= 15 is 0 Å². The molecule has 1 rings (SSSR count). The molecule has 0 aliphatic carbocycles. The van der Waals surface area contributed by atoms with Crippen LogP contribution in [0, 0.1) is 11.6 Å². The predicted molar refractivity (Wildman–Crippen MR) is 73.6 cm³/mol. The zero-order chi connectivity index (χ0) is 15.3. The van der Waals surface area contributed by atoms with Crippen LogP contribution in [0.2, 0.25) is 0 Å². The van der Waals surface area contributed by atoms with E-state index in [1.165, 1.54) is 4.31 Å². The van der Waals surface area contributed by atoms with Crippen molar-refractivity contribution in [1.82, 2.24) is 4.31 Å². The van der Waals surface area contributed by atoms with Crippen molar-refractivity contribution >= 4 is 10.0 Å². The molecule has 0 aliphatic heterocycles. The molecular weight excluding hydrogens is 286 g/mol. The monoisotopic (exact) mass is 306 g/mol. The maximum Gasteiger partial charge on any atom is 0.245 e. The van der Waals surface area contributed by atoms with Gasteiger partial charge in [0.1, 0.15) is 10.7 Å². The summed E-state index contributed by atoms with van der Waals surface area (Å²) in [6, 6.07) is 1.89. The van der Waals surface area contributed by atoms with Crippen LogP contribution in [-0.2, 0) is 16.6 Å². The normalized spacial score (nSPS) is 12.1. The summed E-state index contributed by atoms with van der Waals surface area (Å²) in [7, 11) is -3.97. The molecule has 2 N–H and O–H groups in total. The molecule has 0 unspecified atom stereocenters. The van der Waals surface area contributed by atoms with Crippen molar-refractivity contribution in [3.63, 3.8) is 0 Å². The summed E-state index contributed by atoms with van der Waals surface area (Å²) < 4.78 is 53.6. The number of sulfonamides is 1.